The molecule has 0 bridgehead atoms. The van der Waals surface area contributed by atoms with Gasteiger partial charge in [0.15, 0.2) is 0 Å². The van der Waals surface area contributed by atoms with E-state index in [4.69, 9.17) is 4.52 Å². The normalized spacial score (nSPS) is 12.6. The van der Waals surface area contributed by atoms with Crippen molar-refractivity contribution in [2.24, 2.45) is 0 Å². The number of rotatable bonds is 5. The Morgan fingerprint density at radius 2 is 2.17 bits per heavy atom. The number of aliphatic hydroxyl groups excluding tert-OH is 1. The third kappa shape index (κ3) is 3.13. The molecule has 2 aromatic rings. The molecule has 0 amide bonds. The number of nitrogens with zero attached hydrogens (tertiary/aromatic N) is 3. The Bertz CT molecular complexity index is 510. The van der Waals surface area contributed by atoms with E-state index in [9.17, 15) is 5.11 Å². The summed E-state index contributed by atoms with van der Waals surface area (Å²) in [4.78, 5) is 8.57. The first-order valence-electron chi connectivity index (χ1n) is 6.13. The van der Waals surface area contributed by atoms with Gasteiger partial charge in [-0.25, -0.2) is 4.98 Å². The van der Waals surface area contributed by atoms with Gasteiger partial charge in [0.25, 0.3) is 0 Å². The lowest BCUT2D eigenvalue weighted by molar-refractivity contribution is 0.152. The van der Waals surface area contributed by atoms with Crippen LogP contribution in [0.2, 0.25) is 0 Å². The maximum atomic E-state index is 9.68. The topological polar surface area (TPSA) is 72.0 Å². The summed E-state index contributed by atoms with van der Waals surface area (Å²) in [5.41, 5.74) is 1.60. The van der Waals surface area contributed by atoms with E-state index in [1.54, 1.807) is 0 Å². The third-order valence-electron chi connectivity index (χ3n) is 2.62. The highest BCUT2D eigenvalue weighted by Crippen LogP contribution is 2.14. The van der Waals surface area contributed by atoms with Gasteiger partial charge in [0.1, 0.15) is 5.69 Å². The molecule has 1 atom stereocenters. The van der Waals surface area contributed by atoms with Crippen LogP contribution in [-0.2, 0) is 6.42 Å². The van der Waals surface area contributed by atoms with Crippen molar-refractivity contribution in [2.45, 2.75) is 39.2 Å². The van der Waals surface area contributed by atoms with E-state index in [0.29, 0.717) is 23.8 Å². The molecule has 0 radical (unpaired) electrons. The zero-order chi connectivity index (χ0) is 13.0. The summed E-state index contributed by atoms with van der Waals surface area (Å²) < 4.78 is 5.11. The Balaban J connectivity index is 2.10. The highest BCUT2D eigenvalue weighted by molar-refractivity contribution is 5.47. The number of hydrogen-bond acceptors (Lipinski definition) is 5. The molecule has 0 fully saturated rings. The van der Waals surface area contributed by atoms with E-state index in [0.717, 1.165) is 18.5 Å². The van der Waals surface area contributed by atoms with Crippen molar-refractivity contribution in [3.05, 3.63) is 29.8 Å². The predicted molar refractivity (Wildman–Crippen MR) is 66.9 cm³/mol. The van der Waals surface area contributed by atoms with Gasteiger partial charge in [-0.3, -0.25) is 0 Å². The summed E-state index contributed by atoms with van der Waals surface area (Å²) in [5.74, 6) is 0.923. The van der Waals surface area contributed by atoms with Crippen LogP contribution in [0.3, 0.4) is 0 Å². The van der Waals surface area contributed by atoms with E-state index in [2.05, 4.69) is 15.1 Å². The first-order valence-corrected chi connectivity index (χ1v) is 6.13. The summed E-state index contributed by atoms with van der Waals surface area (Å²) in [6, 6.07) is 5.65. The van der Waals surface area contributed by atoms with E-state index in [-0.39, 0.29) is 0 Å². The van der Waals surface area contributed by atoms with E-state index >= 15 is 0 Å². The lowest BCUT2D eigenvalue weighted by atomic mass is 10.1. The Morgan fingerprint density at radius 1 is 1.33 bits per heavy atom. The number of aromatic nitrogens is 3. The summed E-state index contributed by atoms with van der Waals surface area (Å²) in [6.07, 6.45) is 1.64. The number of pyridine rings is 1. The molecular formula is C13H17N3O2. The molecule has 0 saturated heterocycles. The van der Waals surface area contributed by atoms with Gasteiger partial charge in [0, 0.05) is 5.69 Å². The number of aryl methyl sites for hydroxylation is 1. The quantitative estimate of drug-likeness (QED) is 0.876. The molecule has 0 aromatic carbocycles. The fourth-order valence-corrected chi connectivity index (χ4v) is 1.75. The van der Waals surface area contributed by atoms with E-state index in [1.807, 2.05) is 32.0 Å². The van der Waals surface area contributed by atoms with Crippen LogP contribution < -0.4 is 0 Å². The Morgan fingerprint density at radius 3 is 2.89 bits per heavy atom. The van der Waals surface area contributed by atoms with Gasteiger partial charge in [0.2, 0.25) is 11.7 Å². The van der Waals surface area contributed by atoms with Gasteiger partial charge < -0.3 is 9.63 Å². The summed E-state index contributed by atoms with van der Waals surface area (Å²) in [6.45, 7) is 3.94. The fraction of sp³-hybridized carbons (Fsp3) is 0.462. The number of aliphatic hydroxyl groups is 1. The monoisotopic (exact) mass is 247 g/mol. The first-order chi connectivity index (χ1) is 8.69. The maximum Gasteiger partial charge on any atom is 0.229 e. The highest BCUT2D eigenvalue weighted by Gasteiger charge is 2.13. The molecule has 0 aliphatic heterocycles. The van der Waals surface area contributed by atoms with Crippen LogP contribution in [0.4, 0.5) is 0 Å². The second-order valence-electron chi connectivity index (χ2n) is 4.32. The molecule has 2 aromatic heterocycles. The van der Waals surface area contributed by atoms with Gasteiger partial charge in [-0.2, -0.15) is 4.98 Å². The molecule has 0 spiro atoms. The van der Waals surface area contributed by atoms with Crippen molar-refractivity contribution >= 4 is 0 Å². The smallest absolute Gasteiger partial charge is 0.229 e. The van der Waals surface area contributed by atoms with E-state index in [1.165, 1.54) is 0 Å². The molecule has 5 nitrogen and oxygen atoms in total. The van der Waals surface area contributed by atoms with Crippen LogP contribution in [0, 0.1) is 6.92 Å². The molecule has 1 unspecified atom stereocenters. The first kappa shape index (κ1) is 12.7. The molecule has 2 rings (SSSR count). The maximum absolute atomic E-state index is 9.68. The van der Waals surface area contributed by atoms with E-state index < -0.39 is 6.10 Å². The van der Waals surface area contributed by atoms with Crippen molar-refractivity contribution < 1.29 is 9.63 Å². The number of hydrogen-bond donors (Lipinski definition) is 1. The highest BCUT2D eigenvalue weighted by atomic mass is 16.5. The average Bonchev–Trinajstić information content (AvgIpc) is 2.78. The fourth-order valence-electron chi connectivity index (χ4n) is 1.75. The molecule has 5 heteroatoms. The van der Waals surface area contributed by atoms with Gasteiger partial charge in [-0.05, 0) is 25.5 Å². The minimum absolute atomic E-state index is 0.395. The van der Waals surface area contributed by atoms with Crippen LogP contribution in [0.5, 0.6) is 0 Å². The summed E-state index contributed by atoms with van der Waals surface area (Å²) >= 11 is 0. The average molecular weight is 247 g/mol. The third-order valence-corrected chi connectivity index (χ3v) is 2.62. The van der Waals surface area contributed by atoms with Crippen molar-refractivity contribution in [1.82, 2.24) is 15.1 Å². The zero-order valence-electron chi connectivity index (χ0n) is 10.6. The lowest BCUT2D eigenvalue weighted by Crippen LogP contribution is -2.09. The second-order valence-corrected chi connectivity index (χ2v) is 4.32. The zero-order valence-corrected chi connectivity index (χ0v) is 10.6. The van der Waals surface area contributed by atoms with Crippen LogP contribution >= 0.6 is 0 Å². The molecule has 18 heavy (non-hydrogen) atoms. The van der Waals surface area contributed by atoms with Crippen molar-refractivity contribution in [2.75, 3.05) is 0 Å². The van der Waals surface area contributed by atoms with Gasteiger partial charge in [-0.15, -0.1) is 0 Å². The Labute approximate surface area is 106 Å². The van der Waals surface area contributed by atoms with Crippen LogP contribution in [0.15, 0.2) is 22.7 Å². The standard InChI is InChI=1S/C13H17N3O2/c1-3-5-10(17)8-12-15-13(16-18-12)11-7-4-6-9(2)14-11/h4,6-7,10,17H,3,5,8H2,1-2H3. The van der Waals surface area contributed by atoms with Crippen molar-refractivity contribution in [3.8, 4) is 11.5 Å². The minimum Gasteiger partial charge on any atom is -0.393 e. The Kier molecular flexibility index (Phi) is 4.04. The van der Waals surface area contributed by atoms with Crippen molar-refractivity contribution in [1.29, 1.82) is 0 Å². The minimum atomic E-state index is -0.422. The lowest BCUT2D eigenvalue weighted by Gasteiger charge is -2.03. The van der Waals surface area contributed by atoms with Crippen LogP contribution in [-0.4, -0.2) is 26.3 Å². The molecule has 0 aliphatic carbocycles. The largest absolute Gasteiger partial charge is 0.393 e. The van der Waals surface area contributed by atoms with Gasteiger partial charge >= 0.3 is 0 Å². The van der Waals surface area contributed by atoms with Crippen LogP contribution in [0.1, 0.15) is 31.4 Å². The molecule has 0 saturated carbocycles. The molecule has 1 N–H and O–H groups in total. The second kappa shape index (κ2) is 5.73. The van der Waals surface area contributed by atoms with Crippen LogP contribution in [0.25, 0.3) is 11.5 Å². The Hall–Kier alpha value is -1.75. The predicted octanol–water partition coefficient (Wildman–Crippen LogP) is 2.14. The molecule has 2 heterocycles. The van der Waals surface area contributed by atoms with Gasteiger partial charge in [-0.1, -0.05) is 24.6 Å². The SMILES string of the molecule is CCCC(O)Cc1nc(-c2cccc(C)n2)no1. The molecular weight excluding hydrogens is 230 g/mol. The molecule has 0 aliphatic rings. The van der Waals surface area contributed by atoms with Crippen molar-refractivity contribution in [3.63, 3.8) is 0 Å². The summed E-state index contributed by atoms with van der Waals surface area (Å²) in [7, 11) is 0. The summed E-state index contributed by atoms with van der Waals surface area (Å²) in [5, 5.41) is 13.6. The molecule has 96 valence electrons. The van der Waals surface area contributed by atoms with Gasteiger partial charge in [0.05, 0.1) is 12.5 Å².